The van der Waals surface area contributed by atoms with Gasteiger partial charge in [-0.2, -0.15) is 10.2 Å². The van der Waals surface area contributed by atoms with Gasteiger partial charge in [0.05, 0.1) is 5.48 Å². The lowest BCUT2D eigenvalue weighted by atomic mass is 10.6. The number of aromatic nitrogens is 2. The quantitative estimate of drug-likeness (QED) is 0.457. The highest BCUT2D eigenvalue weighted by Crippen LogP contribution is 1.68. The van der Waals surface area contributed by atoms with E-state index in [1.54, 1.807) is 0 Å². The van der Waals surface area contributed by atoms with Gasteiger partial charge in [-0.05, 0) is 12.1 Å². The van der Waals surface area contributed by atoms with Gasteiger partial charge in [0.25, 0.3) is 0 Å². The molecule has 0 saturated carbocycles. The van der Waals surface area contributed by atoms with Crippen molar-refractivity contribution in [1.82, 2.24) is 10.2 Å². The standard InChI is InChI=1S/C4H4N2/c1-2-4-6-5-3-1/h1-4H/i1D,2D,3D,4D. The molecular formula is C4H4N2. The van der Waals surface area contributed by atoms with Gasteiger partial charge in [-0.25, -0.2) is 0 Å². The molecule has 1 aromatic heterocycles. The highest BCUT2D eigenvalue weighted by Gasteiger charge is 1.59. The number of hydrogen-bond donors (Lipinski definition) is 0. The lowest BCUT2D eigenvalue weighted by molar-refractivity contribution is 1.03. The van der Waals surface area contributed by atoms with Crippen molar-refractivity contribution in [3.05, 3.63) is 24.4 Å². The van der Waals surface area contributed by atoms with Gasteiger partial charge in [0.2, 0.25) is 0 Å². The molecule has 2 heteroatoms. The third-order valence-electron chi connectivity index (χ3n) is 0.324. The molecule has 0 aliphatic heterocycles. The van der Waals surface area contributed by atoms with Crippen molar-refractivity contribution in [2.24, 2.45) is 0 Å². The summed E-state index contributed by atoms with van der Waals surface area (Å²) in [4.78, 5) is 0. The molecule has 0 radical (unpaired) electrons. The fourth-order valence-corrected chi connectivity index (χ4v) is 0.156. The van der Waals surface area contributed by atoms with Crippen LogP contribution in [-0.2, 0) is 0 Å². The molecule has 0 spiro atoms. The van der Waals surface area contributed by atoms with Crippen molar-refractivity contribution < 1.29 is 5.48 Å². The molecule has 1 aromatic rings. The first kappa shape index (κ1) is 1.03. The minimum absolute atomic E-state index is 0.347. The number of nitrogens with zero attached hydrogens (tertiary/aromatic N) is 2. The Morgan fingerprint density at radius 1 is 1.17 bits per heavy atom. The van der Waals surface area contributed by atoms with Crippen molar-refractivity contribution >= 4 is 0 Å². The van der Waals surface area contributed by atoms with Crippen molar-refractivity contribution in [1.29, 1.82) is 0 Å². The molecule has 2 nitrogen and oxygen atoms in total. The maximum absolute atomic E-state index is 6.99. The Bertz CT molecular complexity index is 235. The molecular weight excluding hydrogens is 76.1 g/mol. The second-order valence-corrected chi connectivity index (χ2v) is 0.674. The van der Waals surface area contributed by atoms with Crippen LogP contribution in [0.1, 0.15) is 5.48 Å². The van der Waals surface area contributed by atoms with Crippen molar-refractivity contribution in [2.75, 3.05) is 0 Å². The van der Waals surface area contributed by atoms with Gasteiger partial charge in [0.1, 0.15) is 0 Å². The van der Waals surface area contributed by atoms with Gasteiger partial charge in [-0.15, -0.1) is 0 Å². The molecule has 0 saturated heterocycles. The van der Waals surface area contributed by atoms with Crippen LogP contribution in [0.2, 0.25) is 0 Å². The third kappa shape index (κ3) is 0.516. The number of hydrogen-bond acceptors (Lipinski definition) is 2. The van der Waals surface area contributed by atoms with E-state index in [1.165, 1.54) is 0 Å². The minimum atomic E-state index is -0.360. The van der Waals surface area contributed by atoms with Crippen LogP contribution < -0.4 is 0 Å². The monoisotopic (exact) mass is 84.1 g/mol. The zero-order valence-corrected chi connectivity index (χ0v) is 2.89. The van der Waals surface area contributed by atoms with Gasteiger partial charge < -0.3 is 0 Å². The fourth-order valence-electron chi connectivity index (χ4n) is 0.156. The third-order valence-corrected chi connectivity index (χ3v) is 0.324. The second-order valence-electron chi connectivity index (χ2n) is 0.674. The molecule has 0 unspecified atom stereocenters. The highest BCUT2D eigenvalue weighted by molar-refractivity contribution is 4.79. The van der Waals surface area contributed by atoms with Gasteiger partial charge in [-0.3, -0.25) is 0 Å². The molecule has 6 heavy (non-hydrogen) atoms. The van der Waals surface area contributed by atoms with Crippen molar-refractivity contribution in [2.45, 2.75) is 0 Å². The van der Waals surface area contributed by atoms with Crippen LogP contribution >= 0.6 is 0 Å². The topological polar surface area (TPSA) is 25.8 Å². The van der Waals surface area contributed by atoms with Crippen LogP contribution in [0.4, 0.5) is 0 Å². The van der Waals surface area contributed by atoms with E-state index in [0.717, 1.165) is 0 Å². The first-order chi connectivity index (χ1) is 4.63. The highest BCUT2D eigenvalue weighted by atomic mass is 15.1. The van der Waals surface area contributed by atoms with Crippen molar-refractivity contribution in [3.8, 4) is 0 Å². The molecule has 0 aliphatic rings. The van der Waals surface area contributed by atoms with Crippen molar-refractivity contribution in [3.63, 3.8) is 0 Å². The van der Waals surface area contributed by atoms with Crippen LogP contribution in [0.5, 0.6) is 0 Å². The molecule has 0 bridgehead atoms. The van der Waals surface area contributed by atoms with E-state index >= 15 is 0 Å². The van der Waals surface area contributed by atoms with E-state index in [-0.39, 0.29) is 24.4 Å². The summed E-state index contributed by atoms with van der Waals surface area (Å²) in [6, 6.07) is -0.694. The Labute approximate surface area is 41.5 Å². The second kappa shape index (κ2) is 1.50. The summed E-state index contributed by atoms with van der Waals surface area (Å²) < 4.78 is 27.8. The van der Waals surface area contributed by atoms with E-state index in [2.05, 4.69) is 10.2 Å². The summed E-state index contributed by atoms with van der Waals surface area (Å²) in [6.45, 7) is 0. The van der Waals surface area contributed by atoms with Gasteiger partial charge in [0, 0.05) is 12.3 Å². The summed E-state index contributed by atoms with van der Waals surface area (Å²) in [5, 5.41) is 6.32. The fraction of sp³-hybridized carbons (Fsp3) is 0. The smallest absolute Gasteiger partial charge is 0.0860 e. The predicted molar refractivity (Wildman–Crippen MR) is 22.0 cm³/mol. The van der Waals surface area contributed by atoms with E-state index in [1.807, 2.05) is 0 Å². The Balaban J connectivity index is 3.34. The van der Waals surface area contributed by atoms with E-state index < -0.39 is 0 Å². The van der Waals surface area contributed by atoms with Crippen LogP contribution in [0.15, 0.2) is 24.4 Å². The van der Waals surface area contributed by atoms with E-state index in [0.29, 0.717) is 0 Å². The van der Waals surface area contributed by atoms with Crippen LogP contribution in [0.25, 0.3) is 0 Å². The zero-order chi connectivity index (χ0) is 7.72. The van der Waals surface area contributed by atoms with Crippen LogP contribution in [0, 0.1) is 0 Å². The molecule has 0 N–H and O–H groups in total. The zero-order valence-electron chi connectivity index (χ0n) is 6.89. The molecule has 0 aliphatic carbocycles. The van der Waals surface area contributed by atoms with E-state index in [9.17, 15) is 0 Å². The van der Waals surface area contributed by atoms with Crippen LogP contribution in [-0.4, -0.2) is 10.2 Å². The number of rotatable bonds is 0. The lowest BCUT2D eigenvalue weighted by Gasteiger charge is -1.69. The SMILES string of the molecule is [2H]c1nnc([2H])c([2H])c1[2H]. The van der Waals surface area contributed by atoms with E-state index in [4.69, 9.17) is 5.48 Å². The minimum Gasteiger partial charge on any atom is -0.159 e. The Hall–Kier alpha value is -0.920. The molecule has 0 fully saturated rings. The first-order valence-electron chi connectivity index (χ1n) is 3.40. The van der Waals surface area contributed by atoms with Gasteiger partial charge >= 0.3 is 0 Å². The summed E-state index contributed by atoms with van der Waals surface area (Å²) in [5.41, 5.74) is 0. The molecule has 0 atom stereocenters. The maximum Gasteiger partial charge on any atom is 0.0860 e. The van der Waals surface area contributed by atoms with Gasteiger partial charge in [0.15, 0.2) is 0 Å². The summed E-state index contributed by atoms with van der Waals surface area (Å²) in [7, 11) is 0. The summed E-state index contributed by atoms with van der Waals surface area (Å²) in [6.07, 6.45) is -0.720. The predicted octanol–water partition coefficient (Wildman–Crippen LogP) is 0.477. The average molecular weight is 84.1 g/mol. The Kier molecular flexibility index (Phi) is 0.256. The average Bonchev–Trinajstić information content (AvgIpc) is 1.93. The largest absolute Gasteiger partial charge is 0.159 e. The lowest BCUT2D eigenvalue weighted by Crippen LogP contribution is -1.69. The summed E-state index contributed by atoms with van der Waals surface area (Å²) in [5.74, 6) is 0. The molecule has 30 valence electrons. The summed E-state index contributed by atoms with van der Waals surface area (Å²) >= 11 is 0. The molecule has 1 heterocycles. The first-order valence-corrected chi connectivity index (χ1v) is 1.40. The normalized spacial score (nSPS) is 17.3. The Morgan fingerprint density at radius 2 is 1.67 bits per heavy atom. The van der Waals surface area contributed by atoms with Crippen LogP contribution in [0.3, 0.4) is 0 Å². The molecule has 0 amide bonds. The molecule has 0 aromatic carbocycles. The Morgan fingerprint density at radius 3 is 2.17 bits per heavy atom. The van der Waals surface area contributed by atoms with Gasteiger partial charge in [-0.1, -0.05) is 0 Å². The maximum atomic E-state index is 6.99. The molecule has 1 rings (SSSR count).